The van der Waals surface area contributed by atoms with Crippen molar-refractivity contribution in [3.63, 3.8) is 0 Å². The highest BCUT2D eigenvalue weighted by Gasteiger charge is 2.01. The maximum atomic E-state index is 9.71. The number of phenolic OH excluding ortho intramolecular Hbond substituents is 1. The topological polar surface area (TPSA) is 20.2 Å². The molecule has 0 radical (unpaired) electrons. The van der Waals surface area contributed by atoms with Gasteiger partial charge in [-0.1, -0.05) is 35.9 Å². The monoisotopic (exact) mass is 258 g/mol. The van der Waals surface area contributed by atoms with Crippen molar-refractivity contribution < 1.29 is 5.11 Å². The van der Waals surface area contributed by atoms with Crippen molar-refractivity contribution in [1.82, 2.24) is 0 Å². The van der Waals surface area contributed by atoms with Gasteiger partial charge in [0.15, 0.2) is 0 Å². The number of phenols is 1. The third-order valence-corrected chi connectivity index (χ3v) is 3.10. The molecule has 0 bridgehead atoms. The maximum absolute atomic E-state index is 9.71. The second-order valence-electron chi connectivity index (χ2n) is 4.39. The Balaban J connectivity index is 2.26. The molecule has 0 fully saturated rings. The molecule has 2 heteroatoms. The normalized spacial score (nSPS) is 11.1. The van der Waals surface area contributed by atoms with Crippen LogP contribution in [0.25, 0.3) is 12.2 Å². The van der Waals surface area contributed by atoms with Crippen LogP contribution in [0.1, 0.15) is 22.3 Å². The predicted molar refractivity (Wildman–Crippen MR) is 78.0 cm³/mol. The van der Waals surface area contributed by atoms with Crippen LogP contribution >= 0.6 is 11.6 Å². The molecule has 0 aliphatic carbocycles. The standard InChI is InChI=1S/C16H15ClO/c1-11-9-14(10-12(2)16(11)18)4-3-13-5-7-15(17)8-6-13/h3-10,18H,1-2H3. The third-order valence-electron chi connectivity index (χ3n) is 2.85. The van der Waals surface area contributed by atoms with Crippen molar-refractivity contribution in [2.24, 2.45) is 0 Å². The summed E-state index contributed by atoms with van der Waals surface area (Å²) in [6, 6.07) is 11.6. The zero-order chi connectivity index (χ0) is 13.1. The molecular formula is C16H15ClO. The van der Waals surface area contributed by atoms with Crippen molar-refractivity contribution in [3.8, 4) is 5.75 Å². The minimum absolute atomic E-state index is 0.374. The molecule has 0 spiro atoms. The summed E-state index contributed by atoms with van der Waals surface area (Å²) in [6.45, 7) is 3.81. The molecule has 0 aromatic heterocycles. The van der Waals surface area contributed by atoms with E-state index in [0.717, 1.165) is 27.3 Å². The van der Waals surface area contributed by atoms with Crippen LogP contribution in [0.15, 0.2) is 36.4 Å². The molecule has 92 valence electrons. The second kappa shape index (κ2) is 5.28. The molecule has 2 aromatic carbocycles. The van der Waals surface area contributed by atoms with E-state index in [4.69, 9.17) is 11.6 Å². The third kappa shape index (κ3) is 2.93. The molecule has 2 rings (SSSR count). The highest BCUT2D eigenvalue weighted by atomic mass is 35.5. The van der Waals surface area contributed by atoms with E-state index in [9.17, 15) is 5.11 Å². The van der Waals surface area contributed by atoms with Gasteiger partial charge in [0.1, 0.15) is 5.75 Å². The van der Waals surface area contributed by atoms with Crippen molar-refractivity contribution in [1.29, 1.82) is 0 Å². The quantitative estimate of drug-likeness (QED) is 0.765. The number of aryl methyl sites for hydroxylation is 2. The molecule has 0 saturated carbocycles. The summed E-state index contributed by atoms with van der Waals surface area (Å²) in [6.07, 6.45) is 4.06. The molecule has 0 heterocycles. The summed E-state index contributed by atoms with van der Waals surface area (Å²) in [5, 5.41) is 10.4. The molecule has 0 aliphatic heterocycles. The van der Waals surface area contributed by atoms with E-state index >= 15 is 0 Å². The van der Waals surface area contributed by atoms with Gasteiger partial charge in [0.05, 0.1) is 0 Å². The van der Waals surface area contributed by atoms with Gasteiger partial charge in [-0.15, -0.1) is 0 Å². The first-order valence-corrected chi connectivity index (χ1v) is 6.18. The van der Waals surface area contributed by atoms with Gasteiger partial charge in [-0.05, 0) is 60.4 Å². The fraction of sp³-hybridized carbons (Fsp3) is 0.125. The van der Waals surface area contributed by atoms with Gasteiger partial charge in [0.2, 0.25) is 0 Å². The van der Waals surface area contributed by atoms with Crippen LogP contribution in [-0.4, -0.2) is 5.11 Å². The van der Waals surface area contributed by atoms with Crippen LogP contribution in [0, 0.1) is 13.8 Å². The van der Waals surface area contributed by atoms with Crippen LogP contribution in [0.5, 0.6) is 5.75 Å². The summed E-state index contributed by atoms with van der Waals surface area (Å²) in [5.41, 5.74) is 3.97. The SMILES string of the molecule is Cc1cc(C=Cc2ccc(Cl)cc2)cc(C)c1O. The van der Waals surface area contributed by atoms with Crippen LogP contribution in [0.3, 0.4) is 0 Å². The summed E-state index contributed by atoms with van der Waals surface area (Å²) in [4.78, 5) is 0. The molecule has 0 saturated heterocycles. The van der Waals surface area contributed by atoms with E-state index in [1.807, 2.05) is 62.4 Å². The minimum Gasteiger partial charge on any atom is -0.507 e. The van der Waals surface area contributed by atoms with Crippen molar-refractivity contribution >= 4 is 23.8 Å². The lowest BCUT2D eigenvalue weighted by atomic mass is 10.0. The Kier molecular flexibility index (Phi) is 3.73. The van der Waals surface area contributed by atoms with Crippen molar-refractivity contribution in [2.45, 2.75) is 13.8 Å². The van der Waals surface area contributed by atoms with Crippen LogP contribution in [0.2, 0.25) is 5.02 Å². The van der Waals surface area contributed by atoms with E-state index in [1.54, 1.807) is 0 Å². The van der Waals surface area contributed by atoms with Gasteiger partial charge in [0, 0.05) is 5.02 Å². The fourth-order valence-electron chi connectivity index (χ4n) is 1.85. The average molecular weight is 259 g/mol. The molecule has 2 aromatic rings. The highest BCUT2D eigenvalue weighted by Crippen LogP contribution is 2.24. The fourth-order valence-corrected chi connectivity index (χ4v) is 1.98. The van der Waals surface area contributed by atoms with Crippen molar-refractivity contribution in [3.05, 3.63) is 63.7 Å². The Hall–Kier alpha value is -1.73. The first-order valence-electron chi connectivity index (χ1n) is 5.80. The van der Waals surface area contributed by atoms with Crippen molar-refractivity contribution in [2.75, 3.05) is 0 Å². The molecule has 0 amide bonds. The van der Waals surface area contributed by atoms with E-state index < -0.39 is 0 Å². The number of aromatic hydroxyl groups is 1. The number of rotatable bonds is 2. The molecule has 18 heavy (non-hydrogen) atoms. The van der Waals surface area contributed by atoms with E-state index in [1.165, 1.54) is 0 Å². The van der Waals surface area contributed by atoms with Gasteiger partial charge in [-0.2, -0.15) is 0 Å². The maximum Gasteiger partial charge on any atom is 0.121 e. The van der Waals surface area contributed by atoms with Crippen LogP contribution < -0.4 is 0 Å². The molecule has 1 N–H and O–H groups in total. The Labute approximate surface area is 112 Å². The summed E-state index contributed by atoms with van der Waals surface area (Å²) >= 11 is 5.84. The minimum atomic E-state index is 0.374. The largest absolute Gasteiger partial charge is 0.507 e. The molecule has 1 nitrogen and oxygen atoms in total. The number of halogens is 1. The van der Waals surface area contributed by atoms with Gasteiger partial charge >= 0.3 is 0 Å². The van der Waals surface area contributed by atoms with Crippen LogP contribution in [0.4, 0.5) is 0 Å². The summed E-state index contributed by atoms with van der Waals surface area (Å²) in [7, 11) is 0. The predicted octanol–water partition coefficient (Wildman–Crippen LogP) is 4.83. The second-order valence-corrected chi connectivity index (χ2v) is 4.82. The van der Waals surface area contributed by atoms with Gasteiger partial charge in [0.25, 0.3) is 0 Å². The highest BCUT2D eigenvalue weighted by molar-refractivity contribution is 6.30. The summed E-state index contributed by atoms with van der Waals surface area (Å²) in [5.74, 6) is 0.374. The van der Waals surface area contributed by atoms with E-state index in [0.29, 0.717) is 5.75 Å². The van der Waals surface area contributed by atoms with Gasteiger partial charge < -0.3 is 5.11 Å². The zero-order valence-corrected chi connectivity index (χ0v) is 11.2. The Morgan fingerprint density at radius 1 is 0.889 bits per heavy atom. The first kappa shape index (κ1) is 12.7. The van der Waals surface area contributed by atoms with Gasteiger partial charge in [-0.25, -0.2) is 0 Å². The number of benzene rings is 2. The molecule has 0 aliphatic rings. The Morgan fingerprint density at radius 2 is 1.39 bits per heavy atom. The van der Waals surface area contributed by atoms with E-state index in [-0.39, 0.29) is 0 Å². The Bertz CT molecular complexity index is 560. The molecule has 0 atom stereocenters. The van der Waals surface area contributed by atoms with Crippen LogP contribution in [-0.2, 0) is 0 Å². The molecule has 0 unspecified atom stereocenters. The number of hydrogen-bond acceptors (Lipinski definition) is 1. The number of hydrogen-bond donors (Lipinski definition) is 1. The lowest BCUT2D eigenvalue weighted by Gasteiger charge is -2.04. The smallest absolute Gasteiger partial charge is 0.121 e. The zero-order valence-electron chi connectivity index (χ0n) is 10.4. The average Bonchev–Trinajstić information content (AvgIpc) is 2.35. The van der Waals surface area contributed by atoms with Gasteiger partial charge in [-0.3, -0.25) is 0 Å². The first-order chi connectivity index (χ1) is 8.56. The summed E-state index contributed by atoms with van der Waals surface area (Å²) < 4.78 is 0. The lowest BCUT2D eigenvalue weighted by molar-refractivity contribution is 0.467. The van der Waals surface area contributed by atoms with E-state index in [2.05, 4.69) is 0 Å². The molecular weight excluding hydrogens is 244 g/mol. The lowest BCUT2D eigenvalue weighted by Crippen LogP contribution is -1.83. The Morgan fingerprint density at radius 3 is 1.94 bits per heavy atom.